The summed E-state index contributed by atoms with van der Waals surface area (Å²) < 4.78 is 31.9. The Labute approximate surface area is 210 Å². The number of ether oxygens (including phenoxy) is 3. The maximum absolute atomic E-state index is 15.6. The number of rotatable bonds is 4. The van der Waals surface area contributed by atoms with E-state index in [0.29, 0.717) is 12.0 Å². The quantitative estimate of drug-likeness (QED) is 0.437. The highest BCUT2D eigenvalue weighted by atomic mass is 35.5. The molecule has 9 heteroatoms. The Morgan fingerprint density at radius 3 is 2.60 bits per heavy atom. The SMILES string of the molecule is CC(C)OC(=O)O[C@]1(C(=O)OCCl)[C@H](C)C[C@H]2[C@@H]3C[C@H](F)C4=CC(=O)C=C[C@]4(C)[C@H]3[C@@H](O)C[C@@]21C. The lowest BCUT2D eigenvalue weighted by Gasteiger charge is -2.60. The molecule has 0 aliphatic heterocycles. The lowest BCUT2D eigenvalue weighted by Crippen LogP contribution is -2.64. The molecule has 0 amide bonds. The summed E-state index contributed by atoms with van der Waals surface area (Å²) in [5.74, 6) is -2.50. The van der Waals surface area contributed by atoms with Crippen LogP contribution in [0.15, 0.2) is 23.8 Å². The number of allylic oxidation sites excluding steroid dienone is 4. The zero-order chi connectivity index (χ0) is 25.9. The van der Waals surface area contributed by atoms with Crippen molar-refractivity contribution in [1.29, 1.82) is 0 Å². The number of ketones is 1. The highest BCUT2D eigenvalue weighted by Gasteiger charge is 2.74. The average Bonchev–Trinajstić information content (AvgIpc) is 2.96. The zero-order valence-electron chi connectivity index (χ0n) is 20.8. The van der Waals surface area contributed by atoms with Crippen LogP contribution in [0.4, 0.5) is 9.18 Å². The van der Waals surface area contributed by atoms with Crippen LogP contribution in [0.25, 0.3) is 0 Å². The number of carbonyl (C=O) groups excluding carboxylic acids is 3. The van der Waals surface area contributed by atoms with Crippen molar-refractivity contribution in [2.24, 2.45) is 34.5 Å². The molecule has 0 aromatic carbocycles. The molecule has 0 aromatic heterocycles. The first-order valence-corrected chi connectivity index (χ1v) is 12.8. The van der Waals surface area contributed by atoms with Crippen LogP contribution in [0, 0.1) is 34.5 Å². The summed E-state index contributed by atoms with van der Waals surface area (Å²) in [7, 11) is 0. The molecule has 0 bridgehead atoms. The molecule has 0 unspecified atom stereocenters. The van der Waals surface area contributed by atoms with Gasteiger partial charge in [0.25, 0.3) is 0 Å². The van der Waals surface area contributed by atoms with E-state index in [1.165, 1.54) is 12.2 Å². The fourth-order valence-corrected chi connectivity index (χ4v) is 7.95. The molecule has 0 aromatic rings. The molecule has 4 aliphatic carbocycles. The lowest BCUT2D eigenvalue weighted by atomic mass is 9.46. The van der Waals surface area contributed by atoms with Crippen molar-refractivity contribution in [3.05, 3.63) is 23.8 Å². The first kappa shape index (κ1) is 26.1. The second-order valence-corrected chi connectivity index (χ2v) is 11.5. The predicted molar refractivity (Wildman–Crippen MR) is 125 cm³/mol. The summed E-state index contributed by atoms with van der Waals surface area (Å²) in [5, 5.41) is 11.6. The number of alkyl halides is 2. The molecule has 0 radical (unpaired) electrons. The first-order valence-electron chi connectivity index (χ1n) is 12.2. The third kappa shape index (κ3) is 3.74. The zero-order valence-corrected chi connectivity index (χ0v) is 21.5. The maximum atomic E-state index is 15.6. The molecule has 7 nitrogen and oxygen atoms in total. The number of hydrogen-bond acceptors (Lipinski definition) is 7. The molecule has 9 atom stereocenters. The van der Waals surface area contributed by atoms with E-state index in [9.17, 15) is 19.5 Å². The molecule has 194 valence electrons. The Kier molecular flexibility index (Phi) is 6.63. The van der Waals surface area contributed by atoms with E-state index in [1.54, 1.807) is 33.8 Å². The van der Waals surface area contributed by atoms with Crippen LogP contribution in [0.2, 0.25) is 0 Å². The molecule has 4 rings (SSSR count). The lowest BCUT2D eigenvalue weighted by molar-refractivity contribution is -0.207. The summed E-state index contributed by atoms with van der Waals surface area (Å²) in [6.07, 6.45) is 1.40. The average molecular weight is 513 g/mol. The molecular formula is C26H34ClFO7. The third-order valence-electron chi connectivity index (χ3n) is 9.08. The number of fused-ring (bicyclic) bond motifs is 5. The van der Waals surface area contributed by atoms with Crippen molar-refractivity contribution in [2.75, 3.05) is 6.07 Å². The van der Waals surface area contributed by atoms with Crippen LogP contribution in [-0.2, 0) is 23.8 Å². The molecule has 0 saturated heterocycles. The van der Waals surface area contributed by atoms with E-state index >= 15 is 4.39 Å². The van der Waals surface area contributed by atoms with Gasteiger partial charge in [0.2, 0.25) is 5.60 Å². The number of carbonyl (C=O) groups is 3. The van der Waals surface area contributed by atoms with Crippen LogP contribution in [0.1, 0.15) is 53.9 Å². The highest BCUT2D eigenvalue weighted by Crippen LogP contribution is 2.69. The standard InChI is InChI=1S/C26H34ClFO7/c1-13(2)34-23(32)35-26(22(31)33-12-27)14(3)8-17-16-10-19(28)18-9-15(29)6-7-24(18,4)21(16)20(30)11-25(17,26)5/h6-7,9,13-14,16-17,19-21,30H,8,10-12H2,1-5H3/t14-,16+,17+,19+,20+,21-,24+,25+,26+/m1/s1. The number of halogens is 2. The molecule has 1 N–H and O–H groups in total. The van der Waals surface area contributed by atoms with Crippen molar-refractivity contribution >= 4 is 29.5 Å². The van der Waals surface area contributed by atoms with Crippen LogP contribution in [-0.4, -0.2) is 53.1 Å². The molecule has 0 heterocycles. The van der Waals surface area contributed by atoms with Gasteiger partial charge in [0.1, 0.15) is 6.17 Å². The Balaban J connectivity index is 1.80. The van der Waals surface area contributed by atoms with Gasteiger partial charge >= 0.3 is 12.1 Å². The Bertz CT molecular complexity index is 979. The summed E-state index contributed by atoms with van der Waals surface area (Å²) >= 11 is 5.74. The molecular weight excluding hydrogens is 479 g/mol. The molecule has 3 fully saturated rings. The van der Waals surface area contributed by atoms with Gasteiger partial charge in [-0.25, -0.2) is 14.0 Å². The highest BCUT2D eigenvalue weighted by molar-refractivity contribution is 6.17. The fraction of sp³-hybridized carbons (Fsp3) is 0.731. The van der Waals surface area contributed by atoms with Crippen LogP contribution < -0.4 is 0 Å². The summed E-state index contributed by atoms with van der Waals surface area (Å²) in [6, 6.07) is -0.428. The number of esters is 1. The largest absolute Gasteiger partial charge is 0.509 e. The van der Waals surface area contributed by atoms with Gasteiger partial charge in [-0.15, -0.1) is 0 Å². The molecule has 4 aliphatic rings. The van der Waals surface area contributed by atoms with E-state index in [2.05, 4.69) is 0 Å². The second-order valence-electron chi connectivity index (χ2n) is 11.2. The number of aliphatic hydroxyl groups excluding tert-OH is 1. The van der Waals surface area contributed by atoms with Gasteiger partial charge in [0, 0.05) is 22.7 Å². The Morgan fingerprint density at radius 1 is 1.29 bits per heavy atom. The van der Waals surface area contributed by atoms with Crippen LogP contribution >= 0.6 is 11.6 Å². The minimum Gasteiger partial charge on any atom is -0.446 e. The molecule has 3 saturated carbocycles. The van der Waals surface area contributed by atoms with E-state index < -0.39 is 58.9 Å². The van der Waals surface area contributed by atoms with Crippen molar-refractivity contribution < 1.29 is 38.1 Å². The van der Waals surface area contributed by atoms with Crippen molar-refractivity contribution in [2.45, 2.75) is 77.9 Å². The van der Waals surface area contributed by atoms with E-state index in [-0.39, 0.29) is 36.4 Å². The normalized spacial score (nSPS) is 44.1. The van der Waals surface area contributed by atoms with Gasteiger partial charge in [-0.1, -0.05) is 38.4 Å². The topological polar surface area (TPSA) is 99.1 Å². The number of hydrogen-bond donors (Lipinski definition) is 1. The van der Waals surface area contributed by atoms with Crippen molar-refractivity contribution in [3.8, 4) is 0 Å². The third-order valence-corrected chi connectivity index (χ3v) is 9.19. The minimum atomic E-state index is -1.76. The second kappa shape index (κ2) is 8.87. The van der Waals surface area contributed by atoms with Crippen molar-refractivity contribution in [1.82, 2.24) is 0 Å². The van der Waals surface area contributed by atoms with Gasteiger partial charge in [-0.05, 0) is 62.7 Å². The van der Waals surface area contributed by atoms with Gasteiger partial charge in [0.15, 0.2) is 11.8 Å². The van der Waals surface area contributed by atoms with Gasteiger partial charge in [0.05, 0.1) is 12.2 Å². The number of aliphatic hydroxyl groups is 1. The molecule has 35 heavy (non-hydrogen) atoms. The Morgan fingerprint density at radius 2 is 1.97 bits per heavy atom. The Hall–Kier alpha value is -1.93. The summed E-state index contributed by atoms with van der Waals surface area (Å²) in [5.41, 5.74) is -3.26. The van der Waals surface area contributed by atoms with E-state index in [0.717, 1.165) is 0 Å². The van der Waals surface area contributed by atoms with E-state index in [4.69, 9.17) is 25.8 Å². The van der Waals surface area contributed by atoms with Crippen molar-refractivity contribution in [3.63, 3.8) is 0 Å². The maximum Gasteiger partial charge on any atom is 0.509 e. The van der Waals surface area contributed by atoms with E-state index in [1.807, 2.05) is 6.92 Å². The van der Waals surface area contributed by atoms with Crippen LogP contribution in [0.3, 0.4) is 0 Å². The van der Waals surface area contributed by atoms with Gasteiger partial charge in [-0.3, -0.25) is 4.79 Å². The smallest absolute Gasteiger partial charge is 0.446 e. The van der Waals surface area contributed by atoms with Crippen LogP contribution in [0.5, 0.6) is 0 Å². The van der Waals surface area contributed by atoms with Gasteiger partial charge in [-0.2, -0.15) is 0 Å². The summed E-state index contributed by atoms with van der Waals surface area (Å²) in [6.45, 7) is 8.80. The summed E-state index contributed by atoms with van der Waals surface area (Å²) in [4.78, 5) is 38.2. The van der Waals surface area contributed by atoms with Gasteiger partial charge < -0.3 is 19.3 Å². The molecule has 0 spiro atoms. The monoisotopic (exact) mass is 512 g/mol. The predicted octanol–water partition coefficient (Wildman–Crippen LogP) is 4.50. The fourth-order valence-electron chi connectivity index (χ4n) is 7.85. The first-order chi connectivity index (χ1) is 16.3. The minimum absolute atomic E-state index is 0.105.